The molecule has 1 atom stereocenters. The third-order valence-electron chi connectivity index (χ3n) is 2.78. The van der Waals surface area contributed by atoms with Crippen LogP contribution in [0.1, 0.15) is 17.4 Å². The van der Waals surface area contributed by atoms with Gasteiger partial charge in [-0.05, 0) is 24.6 Å². The van der Waals surface area contributed by atoms with E-state index in [0.29, 0.717) is 12.8 Å². The zero-order chi connectivity index (χ0) is 13.0. The van der Waals surface area contributed by atoms with E-state index in [1.807, 2.05) is 37.4 Å². The fraction of sp³-hybridized carbons (Fsp3) is 0.357. The summed E-state index contributed by atoms with van der Waals surface area (Å²) in [5, 5.41) is 10.4. The van der Waals surface area contributed by atoms with E-state index in [9.17, 15) is 5.11 Å². The molecule has 0 spiro atoms. The fourth-order valence-corrected chi connectivity index (χ4v) is 2.72. The Bertz CT molecular complexity index is 477. The van der Waals surface area contributed by atoms with Crippen LogP contribution in [-0.4, -0.2) is 22.8 Å². The van der Waals surface area contributed by atoms with Crippen molar-refractivity contribution < 1.29 is 9.84 Å². The van der Waals surface area contributed by atoms with Gasteiger partial charge in [-0.15, -0.1) is 11.3 Å². The highest BCUT2D eigenvalue weighted by Gasteiger charge is 2.22. The average molecular weight is 263 g/mol. The first-order valence-electron chi connectivity index (χ1n) is 5.82. The molecule has 96 valence electrons. The highest BCUT2D eigenvalue weighted by atomic mass is 32.1. The molecule has 0 aliphatic carbocycles. The summed E-state index contributed by atoms with van der Waals surface area (Å²) in [6.07, 6.45) is 3.06. The van der Waals surface area contributed by atoms with Crippen LogP contribution in [0.25, 0.3) is 0 Å². The molecule has 1 unspecified atom stereocenters. The van der Waals surface area contributed by atoms with Crippen LogP contribution < -0.4 is 4.74 Å². The average Bonchev–Trinajstić information content (AvgIpc) is 2.81. The van der Waals surface area contributed by atoms with Gasteiger partial charge in [0.25, 0.3) is 0 Å². The Morgan fingerprint density at radius 2 is 2.00 bits per heavy atom. The van der Waals surface area contributed by atoms with E-state index in [0.717, 1.165) is 16.2 Å². The molecule has 1 N–H and O–H groups in total. The molecule has 2 aromatic rings. The first-order chi connectivity index (χ1) is 8.59. The van der Waals surface area contributed by atoms with Gasteiger partial charge >= 0.3 is 0 Å². The minimum Gasteiger partial charge on any atom is -0.497 e. The molecule has 2 rings (SSSR count). The molecule has 0 bridgehead atoms. The number of methoxy groups -OCH3 is 1. The van der Waals surface area contributed by atoms with Crippen molar-refractivity contribution in [3.8, 4) is 5.75 Å². The van der Waals surface area contributed by atoms with Crippen molar-refractivity contribution >= 4 is 11.3 Å². The first-order valence-corrected chi connectivity index (χ1v) is 6.70. The topological polar surface area (TPSA) is 42.4 Å². The highest BCUT2D eigenvalue weighted by Crippen LogP contribution is 2.22. The Morgan fingerprint density at radius 1 is 1.28 bits per heavy atom. The van der Waals surface area contributed by atoms with Crippen molar-refractivity contribution in [1.82, 2.24) is 4.98 Å². The van der Waals surface area contributed by atoms with Gasteiger partial charge in [-0.2, -0.15) is 0 Å². The van der Waals surface area contributed by atoms with Gasteiger partial charge in [0.2, 0.25) is 0 Å². The molecule has 0 aliphatic heterocycles. The number of ether oxygens (including phenoxy) is 1. The highest BCUT2D eigenvalue weighted by molar-refractivity contribution is 7.09. The van der Waals surface area contributed by atoms with Gasteiger partial charge in [-0.25, -0.2) is 0 Å². The van der Waals surface area contributed by atoms with E-state index in [1.54, 1.807) is 24.0 Å². The maximum absolute atomic E-state index is 10.4. The summed E-state index contributed by atoms with van der Waals surface area (Å²) in [5.74, 6) is 0.834. The minimum absolute atomic E-state index is 0.620. The second-order valence-electron chi connectivity index (χ2n) is 4.67. The number of thiazole rings is 1. The quantitative estimate of drug-likeness (QED) is 0.902. The molecule has 1 aromatic carbocycles. The summed E-state index contributed by atoms with van der Waals surface area (Å²) in [4.78, 5) is 5.13. The smallest absolute Gasteiger partial charge is 0.118 e. The Balaban J connectivity index is 2.02. The molecule has 1 heterocycles. The molecule has 1 aromatic heterocycles. The minimum atomic E-state index is -0.749. The van der Waals surface area contributed by atoms with Gasteiger partial charge < -0.3 is 9.84 Å². The SMILES string of the molecule is COc1ccc(CC(C)(O)Cc2cncs2)cc1. The van der Waals surface area contributed by atoms with Crippen LogP contribution >= 0.6 is 11.3 Å². The monoisotopic (exact) mass is 263 g/mol. The summed E-state index contributed by atoms with van der Waals surface area (Å²) in [5.41, 5.74) is 2.14. The van der Waals surface area contributed by atoms with Gasteiger partial charge in [-0.3, -0.25) is 4.98 Å². The summed E-state index contributed by atoms with van der Waals surface area (Å²) < 4.78 is 5.12. The Kier molecular flexibility index (Phi) is 3.99. The Labute approximate surface area is 111 Å². The predicted octanol–water partition coefficient (Wildman–Crippen LogP) is 2.69. The third kappa shape index (κ3) is 3.55. The normalized spacial score (nSPS) is 14.2. The van der Waals surface area contributed by atoms with Crippen LogP contribution in [0.15, 0.2) is 36.0 Å². The zero-order valence-electron chi connectivity index (χ0n) is 10.6. The molecule has 0 radical (unpaired) electrons. The molecule has 3 nitrogen and oxygen atoms in total. The lowest BCUT2D eigenvalue weighted by Gasteiger charge is -2.22. The Morgan fingerprint density at radius 3 is 2.56 bits per heavy atom. The largest absolute Gasteiger partial charge is 0.497 e. The maximum Gasteiger partial charge on any atom is 0.118 e. The molecule has 0 fully saturated rings. The number of nitrogens with zero attached hydrogens (tertiary/aromatic N) is 1. The van der Waals surface area contributed by atoms with Gasteiger partial charge in [0.05, 0.1) is 18.2 Å². The van der Waals surface area contributed by atoms with Crippen LogP contribution in [0, 0.1) is 0 Å². The second kappa shape index (κ2) is 5.50. The van der Waals surface area contributed by atoms with E-state index in [-0.39, 0.29) is 0 Å². The number of hydrogen-bond donors (Lipinski definition) is 1. The molecule has 0 saturated carbocycles. The zero-order valence-corrected chi connectivity index (χ0v) is 11.4. The van der Waals surface area contributed by atoms with Gasteiger partial charge in [0, 0.05) is 23.9 Å². The number of aliphatic hydroxyl groups is 1. The third-order valence-corrected chi connectivity index (χ3v) is 3.56. The predicted molar refractivity (Wildman–Crippen MR) is 73.1 cm³/mol. The fourth-order valence-electron chi connectivity index (χ4n) is 1.95. The van der Waals surface area contributed by atoms with Crippen molar-refractivity contribution in [3.05, 3.63) is 46.4 Å². The van der Waals surface area contributed by atoms with Crippen molar-refractivity contribution in [2.75, 3.05) is 7.11 Å². The second-order valence-corrected chi connectivity index (χ2v) is 5.64. The van der Waals surface area contributed by atoms with E-state index in [2.05, 4.69) is 4.98 Å². The molecule has 0 saturated heterocycles. The number of rotatable bonds is 5. The lowest BCUT2D eigenvalue weighted by atomic mass is 9.93. The van der Waals surface area contributed by atoms with E-state index < -0.39 is 5.60 Å². The number of aromatic nitrogens is 1. The van der Waals surface area contributed by atoms with Crippen molar-refractivity contribution in [2.45, 2.75) is 25.4 Å². The molecule has 0 aliphatic rings. The van der Waals surface area contributed by atoms with Crippen molar-refractivity contribution in [2.24, 2.45) is 0 Å². The van der Waals surface area contributed by atoms with Crippen LogP contribution in [0.2, 0.25) is 0 Å². The maximum atomic E-state index is 10.4. The van der Waals surface area contributed by atoms with Gasteiger partial charge in [0.1, 0.15) is 5.75 Å². The number of hydrogen-bond acceptors (Lipinski definition) is 4. The molecular weight excluding hydrogens is 246 g/mol. The van der Waals surface area contributed by atoms with Crippen LogP contribution in [-0.2, 0) is 12.8 Å². The lowest BCUT2D eigenvalue weighted by molar-refractivity contribution is 0.0616. The van der Waals surface area contributed by atoms with Crippen LogP contribution in [0.5, 0.6) is 5.75 Å². The van der Waals surface area contributed by atoms with Gasteiger partial charge in [-0.1, -0.05) is 12.1 Å². The Hall–Kier alpha value is -1.39. The van der Waals surface area contributed by atoms with Crippen molar-refractivity contribution in [1.29, 1.82) is 0 Å². The summed E-state index contributed by atoms with van der Waals surface area (Å²) >= 11 is 1.58. The summed E-state index contributed by atoms with van der Waals surface area (Å²) in [6.45, 7) is 1.86. The van der Waals surface area contributed by atoms with E-state index >= 15 is 0 Å². The number of benzene rings is 1. The van der Waals surface area contributed by atoms with Crippen LogP contribution in [0.3, 0.4) is 0 Å². The van der Waals surface area contributed by atoms with E-state index in [1.165, 1.54) is 0 Å². The van der Waals surface area contributed by atoms with Gasteiger partial charge in [0.15, 0.2) is 0 Å². The first kappa shape index (κ1) is 13.1. The molecular formula is C14H17NO2S. The lowest BCUT2D eigenvalue weighted by Crippen LogP contribution is -2.29. The summed E-state index contributed by atoms with van der Waals surface area (Å²) in [7, 11) is 1.65. The van der Waals surface area contributed by atoms with E-state index in [4.69, 9.17) is 4.74 Å². The molecule has 18 heavy (non-hydrogen) atoms. The summed E-state index contributed by atoms with van der Waals surface area (Å²) in [6, 6.07) is 7.80. The van der Waals surface area contributed by atoms with Crippen LogP contribution in [0.4, 0.5) is 0 Å². The van der Waals surface area contributed by atoms with Crippen molar-refractivity contribution in [3.63, 3.8) is 0 Å². The molecule has 0 amide bonds. The standard InChI is InChI=1S/C14H17NO2S/c1-14(16,8-13-9-15-10-18-13)7-11-3-5-12(17-2)6-4-11/h3-6,9-10,16H,7-8H2,1-2H3. The molecule has 4 heteroatoms.